The first-order valence-electron chi connectivity index (χ1n) is 10.8. The molecule has 8 nitrogen and oxygen atoms in total. The molecule has 1 saturated heterocycles. The maximum absolute atomic E-state index is 12.7. The van der Waals surface area contributed by atoms with Crippen LogP contribution in [0.15, 0.2) is 34.9 Å². The van der Waals surface area contributed by atoms with E-state index in [1.54, 1.807) is 17.5 Å². The number of carbonyl (C=O) groups excluding carboxylic acids is 1. The van der Waals surface area contributed by atoms with E-state index >= 15 is 0 Å². The first kappa shape index (κ1) is 20.7. The third-order valence-corrected chi connectivity index (χ3v) is 7.64. The van der Waals surface area contributed by atoms with Crippen molar-refractivity contribution in [3.63, 3.8) is 0 Å². The number of hydrogen-bond acceptors (Lipinski definition) is 7. The Morgan fingerprint density at radius 3 is 2.90 bits per heavy atom. The van der Waals surface area contributed by atoms with Crippen molar-refractivity contribution in [3.05, 3.63) is 29.8 Å². The summed E-state index contributed by atoms with van der Waals surface area (Å²) in [4.78, 5) is 13.8. The van der Waals surface area contributed by atoms with Gasteiger partial charge in [-0.15, -0.1) is 21.5 Å². The highest BCUT2D eigenvalue weighted by Crippen LogP contribution is 2.32. The molecule has 0 unspecified atom stereocenters. The van der Waals surface area contributed by atoms with Crippen molar-refractivity contribution in [2.45, 2.75) is 62.4 Å². The Hall–Kier alpha value is -2.17. The Morgan fingerprint density at radius 2 is 2.13 bits per heavy atom. The molecule has 0 bridgehead atoms. The van der Waals surface area contributed by atoms with Crippen molar-refractivity contribution >= 4 is 34.8 Å². The number of nitrogens with one attached hydrogen (secondary N) is 1. The lowest BCUT2D eigenvalue weighted by atomic mass is 10.2. The second-order valence-corrected chi connectivity index (χ2v) is 9.86. The Balaban J connectivity index is 1.26. The summed E-state index contributed by atoms with van der Waals surface area (Å²) < 4.78 is 9.90. The average molecular weight is 459 g/mol. The molecule has 0 aromatic carbocycles. The molecule has 1 atom stereocenters. The molecule has 4 heterocycles. The van der Waals surface area contributed by atoms with Crippen LogP contribution in [0.25, 0.3) is 10.7 Å². The number of rotatable bonds is 8. The lowest BCUT2D eigenvalue weighted by Gasteiger charge is -2.15. The molecular weight excluding hydrogens is 432 g/mol. The van der Waals surface area contributed by atoms with Crippen molar-refractivity contribution < 1.29 is 9.53 Å². The van der Waals surface area contributed by atoms with Crippen LogP contribution in [-0.4, -0.2) is 48.9 Å². The van der Waals surface area contributed by atoms with Gasteiger partial charge in [-0.05, 0) is 37.1 Å². The SMILES string of the molecule is O=C(CSc1nnc(-c2cccs2)n1C[C@@H]1CCCO1)Nc1ccnn1C1CCCC1. The van der Waals surface area contributed by atoms with Gasteiger partial charge in [0.15, 0.2) is 11.0 Å². The minimum atomic E-state index is -0.0610. The number of carbonyl (C=O) groups is 1. The number of thiophene rings is 1. The van der Waals surface area contributed by atoms with Gasteiger partial charge in [0.05, 0.1) is 35.5 Å². The molecule has 1 aliphatic heterocycles. The van der Waals surface area contributed by atoms with Gasteiger partial charge in [-0.2, -0.15) is 5.10 Å². The minimum Gasteiger partial charge on any atom is -0.376 e. The number of anilines is 1. The molecule has 164 valence electrons. The van der Waals surface area contributed by atoms with Gasteiger partial charge in [-0.3, -0.25) is 9.36 Å². The molecular formula is C21H26N6O2S2. The molecule has 3 aromatic heterocycles. The van der Waals surface area contributed by atoms with Crippen molar-refractivity contribution in [2.75, 3.05) is 17.7 Å². The van der Waals surface area contributed by atoms with E-state index in [9.17, 15) is 4.79 Å². The van der Waals surface area contributed by atoms with Crippen LogP contribution < -0.4 is 5.32 Å². The van der Waals surface area contributed by atoms with Crippen LogP contribution >= 0.6 is 23.1 Å². The van der Waals surface area contributed by atoms with Crippen LogP contribution in [0.3, 0.4) is 0 Å². The minimum absolute atomic E-state index is 0.0610. The summed E-state index contributed by atoms with van der Waals surface area (Å²) in [6.45, 7) is 1.51. The van der Waals surface area contributed by atoms with Crippen LogP contribution in [0, 0.1) is 0 Å². The summed E-state index contributed by atoms with van der Waals surface area (Å²) in [5.41, 5.74) is 0. The van der Waals surface area contributed by atoms with Crippen molar-refractivity contribution in [3.8, 4) is 10.7 Å². The monoisotopic (exact) mass is 458 g/mol. The zero-order chi connectivity index (χ0) is 21.0. The highest BCUT2D eigenvalue weighted by atomic mass is 32.2. The summed E-state index contributed by atoms with van der Waals surface area (Å²) in [6.07, 6.45) is 8.74. The lowest BCUT2D eigenvalue weighted by Crippen LogP contribution is -2.20. The van der Waals surface area contributed by atoms with E-state index in [4.69, 9.17) is 4.74 Å². The van der Waals surface area contributed by atoms with Gasteiger partial charge in [0, 0.05) is 12.7 Å². The third-order valence-electron chi connectivity index (χ3n) is 5.81. The number of hydrogen-bond donors (Lipinski definition) is 1. The summed E-state index contributed by atoms with van der Waals surface area (Å²) in [6, 6.07) is 6.32. The molecule has 0 spiro atoms. The second-order valence-electron chi connectivity index (χ2n) is 7.97. The molecule has 1 aliphatic carbocycles. The fourth-order valence-corrected chi connectivity index (χ4v) is 5.77. The number of thioether (sulfide) groups is 1. The zero-order valence-corrected chi connectivity index (χ0v) is 18.9. The number of amides is 1. The molecule has 10 heteroatoms. The van der Waals surface area contributed by atoms with Crippen LogP contribution in [0.2, 0.25) is 0 Å². The van der Waals surface area contributed by atoms with Crippen LogP contribution in [0.5, 0.6) is 0 Å². The van der Waals surface area contributed by atoms with Gasteiger partial charge in [0.25, 0.3) is 0 Å². The average Bonchev–Trinajstić information content (AvgIpc) is 3.59. The Kier molecular flexibility index (Phi) is 6.37. The highest BCUT2D eigenvalue weighted by Gasteiger charge is 2.23. The molecule has 2 aliphatic rings. The number of aromatic nitrogens is 5. The van der Waals surface area contributed by atoms with E-state index in [1.807, 2.05) is 28.3 Å². The molecule has 31 heavy (non-hydrogen) atoms. The zero-order valence-electron chi connectivity index (χ0n) is 17.3. The summed E-state index contributed by atoms with van der Waals surface area (Å²) in [5.74, 6) is 1.82. The fourth-order valence-electron chi connectivity index (χ4n) is 4.30. The lowest BCUT2D eigenvalue weighted by molar-refractivity contribution is -0.113. The van der Waals surface area contributed by atoms with E-state index in [0.717, 1.165) is 54.0 Å². The highest BCUT2D eigenvalue weighted by molar-refractivity contribution is 7.99. The summed E-state index contributed by atoms with van der Waals surface area (Å²) in [5, 5.41) is 19.1. The molecule has 0 radical (unpaired) electrons. The summed E-state index contributed by atoms with van der Waals surface area (Å²) in [7, 11) is 0. The largest absolute Gasteiger partial charge is 0.376 e. The first-order chi connectivity index (χ1) is 15.3. The van der Waals surface area contributed by atoms with Gasteiger partial charge in [-0.1, -0.05) is 30.7 Å². The van der Waals surface area contributed by atoms with Crippen LogP contribution in [-0.2, 0) is 16.1 Å². The number of nitrogens with zero attached hydrogens (tertiary/aromatic N) is 5. The predicted molar refractivity (Wildman–Crippen MR) is 121 cm³/mol. The Labute approximate surface area is 189 Å². The van der Waals surface area contributed by atoms with Gasteiger partial charge in [0.2, 0.25) is 5.91 Å². The standard InChI is InChI=1S/C21H26N6O2S2/c28-19(23-18-9-10-22-27(18)15-5-1-2-6-15)14-31-21-25-24-20(17-8-4-12-30-17)26(21)13-16-7-3-11-29-16/h4,8-10,12,15-16H,1-3,5-7,11,13-14H2,(H,23,28)/t16-/m0/s1. The molecule has 1 N–H and O–H groups in total. The Bertz CT molecular complexity index is 1000. The smallest absolute Gasteiger partial charge is 0.235 e. The molecule has 5 rings (SSSR count). The molecule has 3 aromatic rings. The van der Waals surface area contributed by atoms with Crippen LogP contribution in [0.1, 0.15) is 44.6 Å². The van der Waals surface area contributed by atoms with Crippen LogP contribution in [0.4, 0.5) is 5.82 Å². The van der Waals surface area contributed by atoms with Gasteiger partial charge in [0.1, 0.15) is 5.82 Å². The van der Waals surface area contributed by atoms with E-state index < -0.39 is 0 Å². The maximum Gasteiger partial charge on any atom is 0.235 e. The molecule has 2 fully saturated rings. The van der Waals surface area contributed by atoms with Gasteiger partial charge >= 0.3 is 0 Å². The van der Waals surface area contributed by atoms with Crippen molar-refractivity contribution in [2.24, 2.45) is 0 Å². The summed E-state index contributed by atoms with van der Waals surface area (Å²) >= 11 is 3.05. The van der Waals surface area contributed by atoms with E-state index in [0.29, 0.717) is 12.6 Å². The fraction of sp³-hybridized carbons (Fsp3) is 0.524. The van der Waals surface area contributed by atoms with Crippen molar-refractivity contribution in [1.82, 2.24) is 24.5 Å². The van der Waals surface area contributed by atoms with E-state index in [1.165, 1.54) is 24.6 Å². The molecule has 1 saturated carbocycles. The van der Waals surface area contributed by atoms with E-state index in [-0.39, 0.29) is 17.8 Å². The normalized spacial score (nSPS) is 19.3. The second kappa shape index (κ2) is 9.54. The van der Waals surface area contributed by atoms with Gasteiger partial charge < -0.3 is 10.1 Å². The maximum atomic E-state index is 12.7. The van der Waals surface area contributed by atoms with Crippen molar-refractivity contribution in [1.29, 1.82) is 0 Å². The quantitative estimate of drug-likeness (QED) is 0.509. The van der Waals surface area contributed by atoms with E-state index in [2.05, 4.69) is 25.2 Å². The number of ether oxygens (including phenoxy) is 1. The Morgan fingerprint density at radius 1 is 1.23 bits per heavy atom. The topological polar surface area (TPSA) is 86.9 Å². The predicted octanol–water partition coefficient (Wildman–Crippen LogP) is 4.23. The van der Waals surface area contributed by atoms with Gasteiger partial charge in [-0.25, -0.2) is 4.68 Å². The molecule has 1 amide bonds. The first-order valence-corrected chi connectivity index (χ1v) is 12.7. The third kappa shape index (κ3) is 4.70.